The summed E-state index contributed by atoms with van der Waals surface area (Å²) in [5.74, 6) is 1.67. The van der Waals surface area contributed by atoms with E-state index in [-0.39, 0.29) is 4.83 Å². The summed E-state index contributed by atoms with van der Waals surface area (Å²) in [6.45, 7) is 5.50. The number of hydrogen-bond acceptors (Lipinski definition) is 2. The second-order valence-electron chi connectivity index (χ2n) is 5.13. The van der Waals surface area contributed by atoms with Crippen LogP contribution in [0.25, 0.3) is 0 Å². The molecule has 0 amide bonds. The summed E-state index contributed by atoms with van der Waals surface area (Å²) in [7, 11) is 0. The van der Waals surface area contributed by atoms with E-state index in [9.17, 15) is 0 Å². The highest BCUT2D eigenvalue weighted by Crippen LogP contribution is 2.38. The number of fused-ring (bicyclic) bond motifs is 1. The Bertz CT molecular complexity index is 637. The minimum absolute atomic E-state index is 0.165. The number of hydrogen-bond donors (Lipinski definition) is 0. The van der Waals surface area contributed by atoms with E-state index >= 15 is 0 Å². The summed E-state index contributed by atoms with van der Waals surface area (Å²) < 4.78 is 11.2. The van der Waals surface area contributed by atoms with Crippen molar-refractivity contribution in [1.82, 2.24) is 0 Å². The van der Waals surface area contributed by atoms with Gasteiger partial charge in [-0.2, -0.15) is 0 Å². The van der Waals surface area contributed by atoms with Crippen molar-refractivity contribution in [3.8, 4) is 11.5 Å². The Labute approximate surface area is 127 Å². The molecule has 0 saturated heterocycles. The topological polar surface area (TPSA) is 18.5 Å². The monoisotopic (exact) mass is 332 g/mol. The quantitative estimate of drug-likeness (QED) is 0.750. The number of ether oxygens (including phenoxy) is 2. The third kappa shape index (κ3) is 2.55. The third-order valence-corrected chi connectivity index (χ3v) is 4.59. The molecule has 1 atom stereocenters. The summed E-state index contributed by atoms with van der Waals surface area (Å²) >= 11 is 3.81. The molecule has 1 unspecified atom stereocenters. The number of aryl methyl sites for hydroxylation is 2. The summed E-state index contributed by atoms with van der Waals surface area (Å²) in [4.78, 5) is 0.165. The number of halogens is 1. The lowest BCUT2D eigenvalue weighted by molar-refractivity contribution is 0.171. The van der Waals surface area contributed by atoms with Crippen molar-refractivity contribution in [2.24, 2.45) is 0 Å². The Balaban J connectivity index is 1.97. The Kier molecular flexibility index (Phi) is 3.70. The molecule has 2 nitrogen and oxygen atoms in total. The van der Waals surface area contributed by atoms with Crippen LogP contribution in [0, 0.1) is 13.8 Å². The maximum absolute atomic E-state index is 5.66. The van der Waals surface area contributed by atoms with Crippen LogP contribution in [0.15, 0.2) is 36.4 Å². The zero-order valence-electron chi connectivity index (χ0n) is 11.7. The van der Waals surface area contributed by atoms with Gasteiger partial charge in [0.25, 0.3) is 0 Å². The van der Waals surface area contributed by atoms with E-state index < -0.39 is 0 Å². The summed E-state index contributed by atoms with van der Waals surface area (Å²) in [5, 5.41) is 0. The van der Waals surface area contributed by atoms with Crippen LogP contribution in [0.2, 0.25) is 0 Å². The summed E-state index contributed by atoms with van der Waals surface area (Å²) in [6, 6.07) is 12.7. The van der Waals surface area contributed by atoms with Gasteiger partial charge in [0.05, 0.1) is 4.83 Å². The highest BCUT2D eigenvalue weighted by atomic mass is 79.9. The van der Waals surface area contributed by atoms with Gasteiger partial charge in [-0.25, -0.2) is 0 Å². The van der Waals surface area contributed by atoms with E-state index in [1.54, 1.807) is 0 Å². The van der Waals surface area contributed by atoms with E-state index in [1.165, 1.54) is 22.3 Å². The maximum atomic E-state index is 5.66. The van der Waals surface area contributed by atoms with Crippen LogP contribution in [-0.2, 0) is 0 Å². The summed E-state index contributed by atoms with van der Waals surface area (Å²) in [5.41, 5.74) is 5.03. The van der Waals surface area contributed by atoms with E-state index in [4.69, 9.17) is 9.47 Å². The fourth-order valence-electron chi connectivity index (χ4n) is 2.43. The van der Waals surface area contributed by atoms with Gasteiger partial charge in [-0.1, -0.05) is 45.8 Å². The first kappa shape index (κ1) is 13.5. The molecule has 0 bridgehead atoms. The second-order valence-corrected chi connectivity index (χ2v) is 6.04. The Morgan fingerprint density at radius 1 is 0.950 bits per heavy atom. The average molecular weight is 333 g/mol. The highest BCUT2D eigenvalue weighted by molar-refractivity contribution is 9.09. The second kappa shape index (κ2) is 5.49. The van der Waals surface area contributed by atoms with Crippen LogP contribution < -0.4 is 9.47 Å². The smallest absolute Gasteiger partial charge is 0.161 e. The van der Waals surface area contributed by atoms with Gasteiger partial charge in [-0.3, -0.25) is 0 Å². The first-order chi connectivity index (χ1) is 9.65. The minimum atomic E-state index is 0.165. The van der Waals surface area contributed by atoms with Crippen LogP contribution in [0.1, 0.15) is 27.1 Å². The molecule has 1 aliphatic heterocycles. The molecule has 0 saturated carbocycles. The van der Waals surface area contributed by atoms with Crippen LogP contribution >= 0.6 is 15.9 Å². The Hall–Kier alpha value is -1.48. The van der Waals surface area contributed by atoms with E-state index in [0.717, 1.165) is 11.5 Å². The molecule has 2 aromatic rings. The van der Waals surface area contributed by atoms with Crippen molar-refractivity contribution in [2.45, 2.75) is 18.7 Å². The lowest BCUT2D eigenvalue weighted by atomic mass is 9.98. The summed E-state index contributed by atoms with van der Waals surface area (Å²) in [6.07, 6.45) is 0. The molecular weight excluding hydrogens is 316 g/mol. The molecule has 0 aromatic heterocycles. The molecule has 2 aromatic carbocycles. The van der Waals surface area contributed by atoms with Gasteiger partial charge >= 0.3 is 0 Å². The van der Waals surface area contributed by atoms with Gasteiger partial charge in [-0.15, -0.1) is 0 Å². The Morgan fingerprint density at radius 2 is 1.70 bits per heavy atom. The molecule has 3 heteroatoms. The normalized spacial score (nSPS) is 14.9. The predicted octanol–water partition coefficient (Wildman–Crippen LogP) is 4.56. The molecule has 0 spiro atoms. The van der Waals surface area contributed by atoms with E-state index in [1.807, 2.05) is 6.07 Å². The molecule has 0 N–H and O–H groups in total. The molecule has 3 rings (SSSR count). The van der Waals surface area contributed by atoms with Crippen molar-refractivity contribution in [3.63, 3.8) is 0 Å². The highest BCUT2D eigenvalue weighted by Gasteiger charge is 2.17. The molecule has 0 radical (unpaired) electrons. The van der Waals surface area contributed by atoms with Crippen molar-refractivity contribution in [2.75, 3.05) is 13.2 Å². The zero-order chi connectivity index (χ0) is 14.1. The molecule has 104 valence electrons. The SMILES string of the molecule is Cc1ccc(C)c(C(Br)c2ccc3c(c2)OCCO3)c1. The molecule has 0 fully saturated rings. The molecular formula is C17H17BrO2. The average Bonchev–Trinajstić information content (AvgIpc) is 2.48. The van der Waals surface area contributed by atoms with Crippen molar-refractivity contribution < 1.29 is 9.47 Å². The molecule has 20 heavy (non-hydrogen) atoms. The first-order valence-corrected chi connectivity index (χ1v) is 7.67. The van der Waals surface area contributed by atoms with Gasteiger partial charge in [-0.05, 0) is 42.7 Å². The fraction of sp³-hybridized carbons (Fsp3) is 0.294. The predicted molar refractivity (Wildman–Crippen MR) is 84.1 cm³/mol. The standard InChI is InChI=1S/C17H17BrO2/c1-11-3-4-12(2)14(9-11)17(18)13-5-6-15-16(10-13)20-8-7-19-15/h3-6,9-10,17H,7-8H2,1-2H3. The van der Waals surface area contributed by atoms with Gasteiger partial charge in [0.1, 0.15) is 13.2 Å². The van der Waals surface area contributed by atoms with Gasteiger partial charge in [0.15, 0.2) is 11.5 Å². The maximum Gasteiger partial charge on any atom is 0.161 e. The number of alkyl halides is 1. The van der Waals surface area contributed by atoms with Crippen molar-refractivity contribution in [3.05, 3.63) is 58.7 Å². The number of rotatable bonds is 2. The molecule has 0 aliphatic carbocycles. The van der Waals surface area contributed by atoms with Gasteiger partial charge in [0.2, 0.25) is 0 Å². The van der Waals surface area contributed by atoms with Gasteiger partial charge < -0.3 is 9.47 Å². The van der Waals surface area contributed by atoms with Gasteiger partial charge in [0, 0.05) is 0 Å². The largest absolute Gasteiger partial charge is 0.486 e. The van der Waals surface area contributed by atoms with Crippen LogP contribution in [0.3, 0.4) is 0 Å². The van der Waals surface area contributed by atoms with Crippen LogP contribution in [0.4, 0.5) is 0 Å². The van der Waals surface area contributed by atoms with E-state index in [0.29, 0.717) is 13.2 Å². The van der Waals surface area contributed by atoms with Crippen molar-refractivity contribution >= 4 is 15.9 Å². The number of benzene rings is 2. The zero-order valence-corrected chi connectivity index (χ0v) is 13.2. The van der Waals surface area contributed by atoms with Crippen LogP contribution in [0.5, 0.6) is 11.5 Å². The lowest BCUT2D eigenvalue weighted by Crippen LogP contribution is -2.15. The van der Waals surface area contributed by atoms with E-state index in [2.05, 4.69) is 60.1 Å². The third-order valence-electron chi connectivity index (χ3n) is 3.57. The molecule has 1 heterocycles. The Morgan fingerprint density at radius 3 is 2.50 bits per heavy atom. The molecule has 1 aliphatic rings. The van der Waals surface area contributed by atoms with Crippen LogP contribution in [-0.4, -0.2) is 13.2 Å². The fourth-order valence-corrected chi connectivity index (χ4v) is 3.21. The first-order valence-electron chi connectivity index (χ1n) is 6.76. The van der Waals surface area contributed by atoms with Crippen molar-refractivity contribution in [1.29, 1.82) is 0 Å². The lowest BCUT2D eigenvalue weighted by Gasteiger charge is -2.21. The minimum Gasteiger partial charge on any atom is -0.486 e.